The van der Waals surface area contributed by atoms with Crippen LogP contribution in [0.2, 0.25) is 0 Å². The van der Waals surface area contributed by atoms with E-state index in [9.17, 15) is 22.9 Å². The normalized spacial score (nSPS) is 11.9. The van der Waals surface area contributed by atoms with E-state index in [1.807, 2.05) is 0 Å². The van der Waals surface area contributed by atoms with Gasteiger partial charge in [0.2, 0.25) is 10.0 Å². The quantitative estimate of drug-likeness (QED) is 0.661. The molecule has 1 aromatic carbocycles. The van der Waals surface area contributed by atoms with E-state index < -0.39 is 31.3 Å². The zero-order chi connectivity index (χ0) is 15.7. The second-order valence-electron chi connectivity index (χ2n) is 4.43. The fraction of sp³-hybridized carbons (Fsp3) is 0.455. The third-order valence-corrected chi connectivity index (χ3v) is 4.98. The molecule has 0 aliphatic rings. The summed E-state index contributed by atoms with van der Waals surface area (Å²) in [5.74, 6) is -1.16. The van der Waals surface area contributed by atoms with Crippen LogP contribution in [0.15, 0.2) is 17.0 Å². The van der Waals surface area contributed by atoms with Crippen molar-refractivity contribution in [2.24, 2.45) is 0 Å². The molecule has 0 bridgehead atoms. The van der Waals surface area contributed by atoms with Crippen LogP contribution in [0.3, 0.4) is 0 Å². The van der Waals surface area contributed by atoms with Gasteiger partial charge in [-0.2, -0.15) is 4.31 Å². The minimum atomic E-state index is -4.08. The van der Waals surface area contributed by atoms with Gasteiger partial charge in [-0.15, -0.1) is 0 Å². The summed E-state index contributed by atoms with van der Waals surface area (Å²) in [6.45, 7) is 3.28. The van der Waals surface area contributed by atoms with Crippen LogP contribution in [0.1, 0.15) is 13.8 Å². The van der Waals surface area contributed by atoms with Crippen molar-refractivity contribution >= 4 is 21.4 Å². The van der Waals surface area contributed by atoms with Gasteiger partial charge in [0.25, 0.3) is 5.69 Å². The lowest BCUT2D eigenvalue weighted by Crippen LogP contribution is -2.34. The first-order valence-corrected chi connectivity index (χ1v) is 7.20. The van der Waals surface area contributed by atoms with Crippen LogP contribution in [0.4, 0.5) is 15.8 Å². The van der Waals surface area contributed by atoms with Crippen LogP contribution < -0.4 is 5.32 Å². The summed E-state index contributed by atoms with van der Waals surface area (Å²) >= 11 is 0. The summed E-state index contributed by atoms with van der Waals surface area (Å²) < 4.78 is 39.7. The van der Waals surface area contributed by atoms with Crippen LogP contribution in [0, 0.1) is 15.9 Å². The Bertz CT molecular complexity index is 631. The topological polar surface area (TPSA) is 92.5 Å². The van der Waals surface area contributed by atoms with Gasteiger partial charge in [0.1, 0.15) is 4.90 Å². The highest BCUT2D eigenvalue weighted by atomic mass is 32.2. The Labute approximate surface area is 116 Å². The lowest BCUT2D eigenvalue weighted by atomic mass is 10.2. The van der Waals surface area contributed by atoms with Crippen LogP contribution in [-0.4, -0.2) is 37.8 Å². The molecule has 0 saturated carbocycles. The molecule has 0 atom stereocenters. The van der Waals surface area contributed by atoms with E-state index in [0.717, 1.165) is 10.4 Å². The number of nitrogens with one attached hydrogen (secondary N) is 1. The van der Waals surface area contributed by atoms with E-state index in [0.29, 0.717) is 6.07 Å². The Kier molecular flexibility index (Phi) is 4.66. The van der Waals surface area contributed by atoms with Gasteiger partial charge < -0.3 is 5.32 Å². The van der Waals surface area contributed by atoms with Gasteiger partial charge in [0, 0.05) is 26.2 Å². The fourth-order valence-corrected chi connectivity index (χ4v) is 3.14. The minimum Gasteiger partial charge on any atom is -0.387 e. The van der Waals surface area contributed by atoms with E-state index in [-0.39, 0.29) is 11.7 Å². The molecule has 1 N–H and O–H groups in total. The first kappa shape index (κ1) is 16.3. The van der Waals surface area contributed by atoms with Gasteiger partial charge in [-0.3, -0.25) is 10.1 Å². The maximum atomic E-state index is 14.0. The van der Waals surface area contributed by atoms with Crippen LogP contribution in [-0.2, 0) is 10.0 Å². The van der Waals surface area contributed by atoms with Gasteiger partial charge in [-0.25, -0.2) is 12.8 Å². The van der Waals surface area contributed by atoms with Crippen LogP contribution >= 0.6 is 0 Å². The van der Waals surface area contributed by atoms with Gasteiger partial charge in [-0.1, -0.05) is 0 Å². The Balaban J connectivity index is 3.57. The van der Waals surface area contributed by atoms with Crippen LogP contribution in [0.25, 0.3) is 0 Å². The molecule has 0 amide bonds. The molecule has 20 heavy (non-hydrogen) atoms. The number of nitro benzene ring substituents is 1. The number of hydrogen-bond donors (Lipinski definition) is 1. The maximum absolute atomic E-state index is 14.0. The smallest absolute Gasteiger partial charge is 0.274 e. The number of benzene rings is 1. The molecule has 0 unspecified atom stereocenters. The zero-order valence-corrected chi connectivity index (χ0v) is 12.4. The molecule has 0 aliphatic carbocycles. The average Bonchev–Trinajstić information content (AvgIpc) is 2.35. The molecule has 0 spiro atoms. The standard InChI is InChI=1S/C11H16FN3O4S/c1-7(2)14(4)20(18,19)11-9(12)5-8(15(16)17)6-10(11)13-3/h5-7,13H,1-4H3. The number of hydrogen-bond acceptors (Lipinski definition) is 5. The molecular weight excluding hydrogens is 289 g/mol. The maximum Gasteiger partial charge on any atom is 0.274 e. The third kappa shape index (κ3) is 2.88. The second-order valence-corrected chi connectivity index (χ2v) is 6.36. The van der Waals surface area contributed by atoms with Crippen molar-refractivity contribution in [1.29, 1.82) is 0 Å². The molecule has 112 valence electrons. The Morgan fingerprint density at radius 3 is 2.35 bits per heavy atom. The van der Waals surface area contributed by atoms with E-state index in [4.69, 9.17) is 0 Å². The number of sulfonamides is 1. The van der Waals surface area contributed by atoms with E-state index in [1.165, 1.54) is 14.1 Å². The Hall–Kier alpha value is -1.74. The van der Waals surface area contributed by atoms with Crippen molar-refractivity contribution in [1.82, 2.24) is 4.31 Å². The highest BCUT2D eigenvalue weighted by Gasteiger charge is 2.31. The predicted octanol–water partition coefficient (Wildman–Crippen LogP) is 1.80. The lowest BCUT2D eigenvalue weighted by Gasteiger charge is -2.22. The van der Waals surface area contributed by atoms with Crippen molar-refractivity contribution in [3.8, 4) is 0 Å². The van der Waals surface area contributed by atoms with Crippen molar-refractivity contribution in [3.63, 3.8) is 0 Å². The summed E-state index contributed by atoms with van der Waals surface area (Å²) in [5.41, 5.74) is -0.665. The van der Waals surface area contributed by atoms with Gasteiger partial charge >= 0.3 is 0 Å². The lowest BCUT2D eigenvalue weighted by molar-refractivity contribution is -0.385. The van der Waals surface area contributed by atoms with Gasteiger partial charge in [0.15, 0.2) is 5.82 Å². The van der Waals surface area contributed by atoms with Crippen molar-refractivity contribution in [2.45, 2.75) is 24.8 Å². The third-order valence-electron chi connectivity index (χ3n) is 2.87. The van der Waals surface area contributed by atoms with E-state index >= 15 is 0 Å². The van der Waals surface area contributed by atoms with Gasteiger partial charge in [0.05, 0.1) is 16.7 Å². The minimum absolute atomic E-state index is 0.149. The summed E-state index contributed by atoms with van der Waals surface area (Å²) in [4.78, 5) is 9.29. The number of halogens is 1. The molecule has 0 fully saturated rings. The molecule has 1 rings (SSSR count). The van der Waals surface area contributed by atoms with E-state index in [2.05, 4.69) is 5.32 Å². The summed E-state index contributed by atoms with van der Waals surface area (Å²) in [5, 5.41) is 13.2. The first-order valence-electron chi connectivity index (χ1n) is 5.76. The highest BCUT2D eigenvalue weighted by molar-refractivity contribution is 7.89. The summed E-state index contributed by atoms with van der Waals surface area (Å²) in [6, 6.07) is 1.21. The van der Waals surface area contributed by atoms with E-state index in [1.54, 1.807) is 13.8 Å². The Morgan fingerprint density at radius 2 is 1.95 bits per heavy atom. The highest BCUT2D eigenvalue weighted by Crippen LogP contribution is 2.31. The molecule has 1 aromatic rings. The predicted molar refractivity (Wildman–Crippen MR) is 72.7 cm³/mol. The van der Waals surface area contributed by atoms with Crippen molar-refractivity contribution < 1.29 is 17.7 Å². The summed E-state index contributed by atoms with van der Waals surface area (Å²) in [7, 11) is -1.39. The van der Waals surface area contributed by atoms with Crippen molar-refractivity contribution in [3.05, 3.63) is 28.1 Å². The molecule has 9 heteroatoms. The second kappa shape index (κ2) is 5.71. The molecule has 0 heterocycles. The average molecular weight is 305 g/mol. The molecule has 0 radical (unpaired) electrons. The van der Waals surface area contributed by atoms with Gasteiger partial charge in [-0.05, 0) is 13.8 Å². The first-order chi connectivity index (χ1) is 9.12. The largest absolute Gasteiger partial charge is 0.387 e. The number of rotatable bonds is 5. The number of nitro groups is 1. The molecular formula is C11H16FN3O4S. The fourth-order valence-electron chi connectivity index (χ4n) is 1.55. The number of anilines is 1. The van der Waals surface area contributed by atoms with Crippen molar-refractivity contribution in [2.75, 3.05) is 19.4 Å². The molecule has 0 aliphatic heterocycles. The summed E-state index contributed by atoms with van der Waals surface area (Å²) in [6.07, 6.45) is 0. The molecule has 7 nitrogen and oxygen atoms in total. The molecule has 0 saturated heterocycles. The molecule has 0 aromatic heterocycles. The number of non-ortho nitro benzene ring substituents is 1. The zero-order valence-electron chi connectivity index (χ0n) is 11.5. The SMILES string of the molecule is CNc1cc([N+](=O)[O-])cc(F)c1S(=O)(=O)N(C)C(C)C. The monoisotopic (exact) mass is 305 g/mol. The number of nitrogens with zero attached hydrogens (tertiary/aromatic N) is 2. The Morgan fingerprint density at radius 1 is 1.40 bits per heavy atom. The van der Waals surface area contributed by atoms with Crippen LogP contribution in [0.5, 0.6) is 0 Å².